The minimum atomic E-state index is -4.30. The molecule has 174 valence electrons. The second kappa shape index (κ2) is 7.14. The van der Waals surface area contributed by atoms with Crippen molar-refractivity contribution < 1.29 is 22.0 Å². The molecule has 2 aromatic rings. The fourth-order valence-corrected chi connectivity index (χ4v) is 6.86. The number of nitrogens with zero attached hydrogens (tertiary/aromatic N) is 1. The van der Waals surface area contributed by atoms with Crippen molar-refractivity contribution in [2.24, 2.45) is 5.92 Å². The molecule has 6 rings (SSSR count). The summed E-state index contributed by atoms with van der Waals surface area (Å²) in [5, 5.41) is 6.57. The highest BCUT2D eigenvalue weighted by Crippen LogP contribution is 2.54. The fourth-order valence-electron chi connectivity index (χ4n) is 5.76. The monoisotopic (exact) mass is 474 g/mol. The zero-order valence-corrected chi connectivity index (χ0v) is 18.6. The smallest absolute Gasteiger partial charge is 0.264 e. The van der Waals surface area contributed by atoms with E-state index in [1.165, 1.54) is 0 Å². The molecule has 3 N–H and O–H groups in total. The van der Waals surface area contributed by atoms with Gasteiger partial charge in [0.15, 0.2) is 0 Å². The van der Waals surface area contributed by atoms with Gasteiger partial charge in [0.1, 0.15) is 16.5 Å². The molecule has 3 fully saturated rings. The van der Waals surface area contributed by atoms with Crippen LogP contribution in [0.15, 0.2) is 35.2 Å². The van der Waals surface area contributed by atoms with Crippen LogP contribution in [-0.4, -0.2) is 44.9 Å². The molecule has 1 saturated carbocycles. The Labute approximate surface area is 190 Å². The number of hydrogen-bond donors (Lipinski definition) is 3. The topological polar surface area (TPSA) is 90.5 Å². The first-order valence-corrected chi connectivity index (χ1v) is 12.7. The summed E-state index contributed by atoms with van der Waals surface area (Å²) in [5.74, 6) is -1.57. The highest BCUT2D eigenvalue weighted by atomic mass is 32.2. The van der Waals surface area contributed by atoms with Gasteiger partial charge in [0.05, 0.1) is 22.5 Å². The molecule has 0 radical (unpaired) electrons. The van der Waals surface area contributed by atoms with E-state index in [9.17, 15) is 22.0 Å². The molecule has 7 nitrogen and oxygen atoms in total. The molecule has 1 amide bonds. The Hall–Kier alpha value is -2.72. The number of sulfonamides is 1. The van der Waals surface area contributed by atoms with Crippen LogP contribution in [-0.2, 0) is 20.2 Å². The van der Waals surface area contributed by atoms with Gasteiger partial charge < -0.3 is 15.5 Å². The van der Waals surface area contributed by atoms with Gasteiger partial charge in [-0.2, -0.15) is 0 Å². The first kappa shape index (κ1) is 20.9. The van der Waals surface area contributed by atoms with Crippen molar-refractivity contribution in [2.75, 3.05) is 35.0 Å². The zero-order chi connectivity index (χ0) is 23.0. The quantitative estimate of drug-likeness (QED) is 0.619. The van der Waals surface area contributed by atoms with E-state index in [1.807, 2.05) is 0 Å². The van der Waals surface area contributed by atoms with E-state index in [4.69, 9.17) is 0 Å². The van der Waals surface area contributed by atoms with Crippen LogP contribution in [0.5, 0.6) is 0 Å². The van der Waals surface area contributed by atoms with Gasteiger partial charge in [-0.1, -0.05) is 6.42 Å². The average Bonchev–Trinajstić information content (AvgIpc) is 3.39. The van der Waals surface area contributed by atoms with Crippen LogP contribution in [0, 0.1) is 17.6 Å². The van der Waals surface area contributed by atoms with Gasteiger partial charge in [-0.05, 0) is 61.6 Å². The van der Waals surface area contributed by atoms with Crippen LogP contribution < -0.4 is 15.4 Å². The van der Waals surface area contributed by atoms with Crippen molar-refractivity contribution in [3.8, 4) is 0 Å². The molecule has 0 aromatic heterocycles. The molecular formula is C23H24F2N4O3S. The lowest BCUT2D eigenvalue weighted by atomic mass is 9.65. The predicted molar refractivity (Wildman–Crippen MR) is 120 cm³/mol. The van der Waals surface area contributed by atoms with Gasteiger partial charge in [0, 0.05) is 25.2 Å². The van der Waals surface area contributed by atoms with Crippen molar-refractivity contribution in [3.63, 3.8) is 0 Å². The lowest BCUT2D eigenvalue weighted by Crippen LogP contribution is -2.40. The maximum absolute atomic E-state index is 14.2. The number of carbonyl (C=O) groups excluding carboxylic acids is 1. The summed E-state index contributed by atoms with van der Waals surface area (Å²) in [5.41, 5.74) is 1.73. The number of benzene rings is 2. The molecule has 3 unspecified atom stereocenters. The van der Waals surface area contributed by atoms with Crippen LogP contribution in [0.3, 0.4) is 0 Å². The van der Waals surface area contributed by atoms with Gasteiger partial charge in [-0.25, -0.2) is 17.2 Å². The Balaban J connectivity index is 1.39. The number of carbonyl (C=O) groups is 1. The highest BCUT2D eigenvalue weighted by Gasteiger charge is 2.52. The van der Waals surface area contributed by atoms with Crippen LogP contribution in [0.25, 0.3) is 0 Å². The first-order chi connectivity index (χ1) is 15.7. The third-order valence-corrected chi connectivity index (χ3v) is 9.06. The van der Waals surface area contributed by atoms with Crippen molar-refractivity contribution in [1.29, 1.82) is 0 Å². The van der Waals surface area contributed by atoms with Crippen molar-refractivity contribution in [3.05, 3.63) is 47.5 Å². The molecule has 1 spiro atoms. The summed E-state index contributed by atoms with van der Waals surface area (Å²) in [7, 11) is -4.30. The zero-order valence-electron chi connectivity index (χ0n) is 17.8. The van der Waals surface area contributed by atoms with E-state index in [1.54, 1.807) is 12.1 Å². The summed E-state index contributed by atoms with van der Waals surface area (Å²) < 4.78 is 55.8. The number of piperidine rings is 1. The fraction of sp³-hybridized carbons (Fsp3) is 0.435. The third kappa shape index (κ3) is 3.22. The van der Waals surface area contributed by atoms with Crippen molar-refractivity contribution in [1.82, 2.24) is 4.90 Å². The molecular weight excluding hydrogens is 450 g/mol. The highest BCUT2D eigenvalue weighted by molar-refractivity contribution is 7.92. The minimum absolute atomic E-state index is 0.0620. The molecule has 3 aliphatic heterocycles. The predicted octanol–water partition coefficient (Wildman–Crippen LogP) is 3.26. The summed E-state index contributed by atoms with van der Waals surface area (Å²) >= 11 is 0. The molecule has 10 heteroatoms. The Morgan fingerprint density at radius 2 is 1.94 bits per heavy atom. The average molecular weight is 475 g/mol. The van der Waals surface area contributed by atoms with Gasteiger partial charge in [0.2, 0.25) is 5.91 Å². The Morgan fingerprint density at radius 1 is 1.12 bits per heavy atom. The van der Waals surface area contributed by atoms with Crippen LogP contribution in [0.1, 0.15) is 31.2 Å². The van der Waals surface area contributed by atoms with Crippen molar-refractivity contribution >= 4 is 33.0 Å². The molecule has 2 bridgehead atoms. The van der Waals surface area contributed by atoms with E-state index >= 15 is 0 Å². The lowest BCUT2D eigenvalue weighted by molar-refractivity contribution is -0.123. The largest absolute Gasteiger partial charge is 0.379 e. The Kier molecular flexibility index (Phi) is 4.51. The van der Waals surface area contributed by atoms with Crippen molar-refractivity contribution in [2.45, 2.75) is 42.0 Å². The number of hydrogen-bond acceptors (Lipinski definition) is 5. The van der Waals surface area contributed by atoms with Crippen LogP contribution in [0.4, 0.5) is 25.8 Å². The summed E-state index contributed by atoms with van der Waals surface area (Å²) in [6, 6.07) is 5.88. The molecule has 1 aliphatic carbocycles. The van der Waals surface area contributed by atoms with Gasteiger partial charge in [-0.15, -0.1) is 0 Å². The minimum Gasteiger partial charge on any atom is -0.379 e. The van der Waals surface area contributed by atoms with Crippen LogP contribution in [0.2, 0.25) is 0 Å². The Bertz CT molecular complexity index is 1280. The van der Waals surface area contributed by atoms with E-state index < -0.39 is 32.0 Å². The summed E-state index contributed by atoms with van der Waals surface area (Å²) in [6.45, 7) is 3.02. The maximum Gasteiger partial charge on any atom is 0.264 e. The van der Waals surface area contributed by atoms with E-state index in [-0.39, 0.29) is 17.6 Å². The van der Waals surface area contributed by atoms with Gasteiger partial charge >= 0.3 is 0 Å². The lowest BCUT2D eigenvalue weighted by Gasteiger charge is -2.36. The number of anilines is 3. The van der Waals surface area contributed by atoms with Gasteiger partial charge in [0.25, 0.3) is 10.0 Å². The number of fused-ring (bicyclic) bond motifs is 4. The molecule has 2 aromatic carbocycles. The van der Waals surface area contributed by atoms with E-state index in [2.05, 4.69) is 20.3 Å². The van der Waals surface area contributed by atoms with E-state index in [0.29, 0.717) is 36.2 Å². The SMILES string of the molecule is O=C1Nc2c(NC3CN4CCC3C4)cc(NS(=O)(=O)c3ccc(F)cc3F)cc2C12CCC2. The molecule has 2 saturated heterocycles. The number of rotatable bonds is 5. The number of nitrogens with one attached hydrogen (secondary N) is 3. The third-order valence-electron chi connectivity index (χ3n) is 7.64. The van der Waals surface area contributed by atoms with E-state index in [0.717, 1.165) is 50.2 Å². The van der Waals surface area contributed by atoms with Crippen LogP contribution >= 0.6 is 0 Å². The standard InChI is InChI=1S/C23H24F2N4O3S/c24-14-2-3-20(17(25)8-14)33(31,32)28-15-9-16-21(27-22(30)23(16)5-1-6-23)18(10-15)26-19-12-29-7-4-13(19)11-29/h2-3,8-10,13,19,26,28H,1,4-7,11-12H2,(H,27,30). The Morgan fingerprint density at radius 3 is 2.58 bits per heavy atom. The first-order valence-electron chi connectivity index (χ1n) is 11.2. The normalized spacial score (nSPS) is 26.7. The number of halogens is 2. The molecule has 3 heterocycles. The summed E-state index contributed by atoms with van der Waals surface area (Å²) in [4.78, 5) is 14.6. The molecule has 33 heavy (non-hydrogen) atoms. The summed E-state index contributed by atoms with van der Waals surface area (Å²) in [6.07, 6.45) is 3.43. The second-order valence-corrected chi connectivity index (χ2v) is 11.2. The second-order valence-electron chi connectivity index (χ2n) is 9.58. The molecule has 3 atom stereocenters. The number of amides is 1. The maximum atomic E-state index is 14.2. The molecule has 4 aliphatic rings. The van der Waals surface area contributed by atoms with Gasteiger partial charge in [-0.3, -0.25) is 9.52 Å².